The molecule has 15 heavy (non-hydrogen) atoms. The molecule has 1 atom stereocenters. The Hall–Kier alpha value is -2.28. The third-order valence-electron chi connectivity index (χ3n) is 1.89. The second-order valence-corrected chi connectivity index (χ2v) is 2.88. The van der Waals surface area contributed by atoms with Crippen molar-refractivity contribution in [3.63, 3.8) is 0 Å². The number of nitrogens with one attached hydrogen (secondary N) is 1. The lowest BCUT2D eigenvalue weighted by Gasteiger charge is -2.09. The highest BCUT2D eigenvalue weighted by Gasteiger charge is 2.08. The zero-order valence-corrected chi connectivity index (χ0v) is 8.07. The largest absolute Gasteiger partial charge is 0.287 e. The number of benzene rings is 1. The van der Waals surface area contributed by atoms with Gasteiger partial charge < -0.3 is 0 Å². The normalized spacial score (nSPS) is 10.7. The molecule has 72 valence electrons. The van der Waals surface area contributed by atoms with Crippen LogP contribution in [0.15, 0.2) is 24.3 Å². The van der Waals surface area contributed by atoms with E-state index in [0.717, 1.165) is 5.56 Å². The lowest BCUT2D eigenvalue weighted by molar-refractivity contribution is 0.690. The van der Waals surface area contributed by atoms with E-state index >= 15 is 0 Å². The smallest absolute Gasteiger partial charge is 0.122 e. The van der Waals surface area contributed by atoms with Crippen molar-refractivity contribution in [1.29, 1.82) is 10.5 Å². The molecule has 1 N–H and O–H groups in total. The molecule has 0 bridgehead atoms. The maximum Gasteiger partial charge on any atom is 0.122 e. The van der Waals surface area contributed by atoms with Gasteiger partial charge >= 0.3 is 0 Å². The fourth-order valence-corrected chi connectivity index (χ4v) is 1.19. The summed E-state index contributed by atoms with van der Waals surface area (Å²) in [5.74, 6) is 2.40. The highest BCUT2D eigenvalue weighted by molar-refractivity contribution is 5.36. The van der Waals surface area contributed by atoms with Crippen LogP contribution in [0.4, 0.5) is 0 Å². The van der Waals surface area contributed by atoms with Gasteiger partial charge in [0.2, 0.25) is 0 Å². The molecule has 0 saturated heterocycles. The van der Waals surface area contributed by atoms with Crippen molar-refractivity contribution in [2.24, 2.45) is 0 Å². The quantitative estimate of drug-likeness (QED) is 0.740. The minimum Gasteiger partial charge on any atom is -0.287 e. The average Bonchev–Trinajstić information content (AvgIpc) is 2.30. The molecule has 0 aliphatic rings. The van der Waals surface area contributed by atoms with Gasteiger partial charge in [0.1, 0.15) is 6.04 Å². The average molecular weight is 195 g/mol. The lowest BCUT2D eigenvalue weighted by atomic mass is 10.1. The SMILES string of the molecule is C#CCNC(C#N)c1cccc(C#N)c1. The van der Waals surface area contributed by atoms with Crippen molar-refractivity contribution in [3.05, 3.63) is 35.4 Å². The second kappa shape index (κ2) is 5.45. The van der Waals surface area contributed by atoms with Crippen LogP contribution in [0.1, 0.15) is 17.2 Å². The van der Waals surface area contributed by atoms with Gasteiger partial charge in [0, 0.05) is 0 Å². The maximum absolute atomic E-state index is 8.91. The molecular weight excluding hydrogens is 186 g/mol. The van der Waals surface area contributed by atoms with E-state index < -0.39 is 6.04 Å². The zero-order valence-electron chi connectivity index (χ0n) is 8.07. The van der Waals surface area contributed by atoms with E-state index in [2.05, 4.69) is 17.3 Å². The molecule has 1 aromatic carbocycles. The van der Waals surface area contributed by atoms with Crippen molar-refractivity contribution in [2.45, 2.75) is 6.04 Å². The van der Waals surface area contributed by atoms with Crippen LogP contribution in [-0.4, -0.2) is 6.54 Å². The Labute approximate surface area is 89.0 Å². The van der Waals surface area contributed by atoms with E-state index in [9.17, 15) is 0 Å². The van der Waals surface area contributed by atoms with Gasteiger partial charge in [-0.1, -0.05) is 18.1 Å². The fraction of sp³-hybridized carbons (Fsp3) is 0.167. The van der Waals surface area contributed by atoms with Crippen molar-refractivity contribution < 1.29 is 0 Å². The van der Waals surface area contributed by atoms with Crippen molar-refractivity contribution in [3.8, 4) is 24.5 Å². The Morgan fingerprint density at radius 2 is 2.20 bits per heavy atom. The predicted octanol–water partition coefficient (Wildman–Crippen LogP) is 1.35. The van der Waals surface area contributed by atoms with Gasteiger partial charge in [-0.15, -0.1) is 6.42 Å². The maximum atomic E-state index is 8.91. The van der Waals surface area contributed by atoms with Crippen molar-refractivity contribution in [2.75, 3.05) is 6.54 Å². The summed E-state index contributed by atoms with van der Waals surface area (Å²) in [5.41, 5.74) is 1.29. The Balaban J connectivity index is 2.90. The molecule has 0 aromatic heterocycles. The number of terminal acetylenes is 1. The molecule has 0 aliphatic heterocycles. The first-order valence-corrected chi connectivity index (χ1v) is 4.38. The van der Waals surface area contributed by atoms with E-state index in [1.165, 1.54) is 0 Å². The number of nitriles is 2. The number of rotatable bonds is 3. The molecule has 0 aliphatic carbocycles. The van der Waals surface area contributed by atoms with E-state index in [1.807, 2.05) is 6.07 Å². The molecule has 1 rings (SSSR count). The Bertz CT molecular complexity index is 457. The van der Waals surface area contributed by atoms with Crippen LogP contribution in [0.2, 0.25) is 0 Å². The standard InChI is InChI=1S/C12H9N3/c1-2-6-15-12(9-14)11-5-3-4-10(7-11)8-13/h1,3-5,7,12,15H,6H2. The predicted molar refractivity (Wildman–Crippen MR) is 56.3 cm³/mol. The van der Waals surface area contributed by atoms with Gasteiger partial charge in [-0.05, 0) is 17.7 Å². The molecule has 0 fully saturated rings. The van der Waals surface area contributed by atoms with Crippen LogP contribution in [0.3, 0.4) is 0 Å². The number of nitrogens with zero attached hydrogens (tertiary/aromatic N) is 2. The van der Waals surface area contributed by atoms with Crippen molar-refractivity contribution in [1.82, 2.24) is 5.32 Å². The molecule has 0 spiro atoms. The first kappa shape index (κ1) is 10.8. The molecule has 3 nitrogen and oxygen atoms in total. The highest BCUT2D eigenvalue weighted by atomic mass is 14.9. The monoisotopic (exact) mass is 195 g/mol. The molecule has 0 amide bonds. The minimum atomic E-state index is -0.464. The van der Waals surface area contributed by atoms with Gasteiger partial charge in [-0.25, -0.2) is 0 Å². The molecule has 0 heterocycles. The topological polar surface area (TPSA) is 59.6 Å². The van der Waals surface area contributed by atoms with Gasteiger partial charge in [-0.3, -0.25) is 5.32 Å². The Morgan fingerprint density at radius 1 is 1.40 bits per heavy atom. The molecule has 1 unspecified atom stereocenters. The minimum absolute atomic E-state index is 0.328. The summed E-state index contributed by atoms with van der Waals surface area (Å²) >= 11 is 0. The first-order valence-electron chi connectivity index (χ1n) is 4.38. The second-order valence-electron chi connectivity index (χ2n) is 2.88. The summed E-state index contributed by atoms with van der Waals surface area (Å²) in [7, 11) is 0. The fourth-order valence-electron chi connectivity index (χ4n) is 1.19. The first-order chi connectivity index (χ1) is 7.31. The van der Waals surface area contributed by atoms with Crippen LogP contribution >= 0.6 is 0 Å². The van der Waals surface area contributed by atoms with Gasteiger partial charge in [0.05, 0.1) is 24.2 Å². The summed E-state index contributed by atoms with van der Waals surface area (Å²) in [5, 5.41) is 20.5. The van der Waals surface area contributed by atoms with Gasteiger partial charge in [0.15, 0.2) is 0 Å². The third-order valence-corrected chi connectivity index (χ3v) is 1.89. The van der Waals surface area contributed by atoms with E-state index in [4.69, 9.17) is 16.9 Å². The third kappa shape index (κ3) is 2.85. The summed E-state index contributed by atoms with van der Waals surface area (Å²) in [6, 6.07) is 10.6. The van der Waals surface area contributed by atoms with E-state index in [-0.39, 0.29) is 0 Å². The highest BCUT2D eigenvalue weighted by Crippen LogP contribution is 2.13. The lowest BCUT2D eigenvalue weighted by Crippen LogP contribution is -2.20. The Kier molecular flexibility index (Phi) is 3.92. The molecular formula is C12H9N3. The van der Waals surface area contributed by atoms with Crippen LogP contribution in [-0.2, 0) is 0 Å². The zero-order chi connectivity index (χ0) is 11.1. The van der Waals surface area contributed by atoms with Crippen LogP contribution in [0.5, 0.6) is 0 Å². The van der Waals surface area contributed by atoms with Crippen LogP contribution < -0.4 is 5.32 Å². The summed E-state index contributed by atoms with van der Waals surface area (Å²) in [6.45, 7) is 0.328. The molecule has 0 radical (unpaired) electrons. The van der Waals surface area contributed by atoms with Crippen LogP contribution in [0, 0.1) is 35.0 Å². The molecule has 3 heteroatoms. The summed E-state index contributed by atoms with van der Waals surface area (Å²) < 4.78 is 0. The summed E-state index contributed by atoms with van der Waals surface area (Å²) in [4.78, 5) is 0. The van der Waals surface area contributed by atoms with E-state index in [1.54, 1.807) is 24.3 Å². The van der Waals surface area contributed by atoms with Crippen molar-refractivity contribution >= 4 is 0 Å². The Morgan fingerprint density at radius 3 is 2.80 bits per heavy atom. The summed E-state index contributed by atoms with van der Waals surface area (Å²) in [6.07, 6.45) is 5.09. The number of hydrogen-bond donors (Lipinski definition) is 1. The number of hydrogen-bond acceptors (Lipinski definition) is 3. The molecule has 1 aromatic rings. The van der Waals surface area contributed by atoms with E-state index in [0.29, 0.717) is 12.1 Å². The van der Waals surface area contributed by atoms with Gasteiger partial charge in [-0.2, -0.15) is 10.5 Å². The van der Waals surface area contributed by atoms with Crippen LogP contribution in [0.25, 0.3) is 0 Å². The van der Waals surface area contributed by atoms with Gasteiger partial charge in [0.25, 0.3) is 0 Å². The molecule has 0 saturated carbocycles.